The van der Waals surface area contributed by atoms with E-state index in [2.05, 4.69) is 38.6 Å². The van der Waals surface area contributed by atoms with Crippen molar-refractivity contribution in [1.82, 2.24) is 0 Å². The molecule has 60 valence electrons. The molecule has 0 nitrogen and oxygen atoms in total. The fraction of sp³-hybridized carbons (Fsp3) is 0.333. The summed E-state index contributed by atoms with van der Waals surface area (Å²) < 4.78 is 0. The van der Waals surface area contributed by atoms with Gasteiger partial charge in [0.1, 0.15) is 0 Å². The second-order valence-corrected chi connectivity index (χ2v) is 4.83. The van der Waals surface area contributed by atoms with E-state index in [-0.39, 0.29) is 0 Å². The maximum Gasteiger partial charge on any atom is 0.00753 e. The molecule has 0 radical (unpaired) electrons. The van der Waals surface area contributed by atoms with Crippen molar-refractivity contribution < 1.29 is 0 Å². The van der Waals surface area contributed by atoms with Gasteiger partial charge in [0.25, 0.3) is 0 Å². The van der Waals surface area contributed by atoms with Crippen molar-refractivity contribution in [2.75, 3.05) is 0 Å². The quantitative estimate of drug-likeness (QED) is 0.542. The van der Waals surface area contributed by atoms with E-state index in [1.165, 1.54) is 4.90 Å². The predicted octanol–water partition coefficient (Wildman–Crippen LogP) is 3.48. The lowest BCUT2D eigenvalue weighted by Crippen LogP contribution is -1.84. The van der Waals surface area contributed by atoms with Crippen molar-refractivity contribution in [1.29, 1.82) is 0 Å². The number of hydrogen-bond acceptors (Lipinski definition) is 2. The summed E-state index contributed by atoms with van der Waals surface area (Å²) in [5.41, 5.74) is 0. The highest BCUT2D eigenvalue weighted by molar-refractivity contribution is 7.99. The number of thiol groups is 1. The average Bonchev–Trinajstić information content (AvgIpc) is 1.93. The first-order valence-corrected chi connectivity index (χ1v) is 4.97. The van der Waals surface area contributed by atoms with E-state index < -0.39 is 0 Å². The Morgan fingerprint density at radius 2 is 1.73 bits per heavy atom. The van der Waals surface area contributed by atoms with Crippen molar-refractivity contribution in [2.24, 2.45) is 0 Å². The molecule has 0 spiro atoms. The van der Waals surface area contributed by atoms with Crippen LogP contribution in [0.25, 0.3) is 0 Å². The second-order valence-electron chi connectivity index (χ2n) is 2.66. The molecule has 0 aromatic heterocycles. The van der Waals surface area contributed by atoms with Crippen LogP contribution in [-0.2, 0) is 0 Å². The molecule has 0 amide bonds. The first-order chi connectivity index (χ1) is 5.18. The summed E-state index contributed by atoms with van der Waals surface area (Å²) in [4.78, 5) is 2.34. The van der Waals surface area contributed by atoms with E-state index in [1.54, 1.807) is 0 Å². The Balaban J connectivity index is 2.66. The van der Waals surface area contributed by atoms with E-state index in [1.807, 2.05) is 23.9 Å². The topological polar surface area (TPSA) is 0 Å². The molecule has 0 fully saturated rings. The van der Waals surface area contributed by atoms with Gasteiger partial charge in [-0.05, 0) is 24.3 Å². The summed E-state index contributed by atoms with van der Waals surface area (Å²) in [6.07, 6.45) is 0. The lowest BCUT2D eigenvalue weighted by molar-refractivity contribution is 1.11. The molecule has 0 aliphatic heterocycles. The Bertz CT molecular complexity index is 214. The standard InChI is InChI=1S/C9H12S2/c1-7(2)11-9-5-3-8(10)4-6-9/h3-7,10H,1-2H3. The molecular weight excluding hydrogens is 172 g/mol. The van der Waals surface area contributed by atoms with Gasteiger partial charge in [-0.25, -0.2) is 0 Å². The normalized spacial score (nSPS) is 10.5. The highest BCUT2D eigenvalue weighted by Gasteiger charge is 1.96. The summed E-state index contributed by atoms with van der Waals surface area (Å²) in [6.45, 7) is 4.39. The highest BCUT2D eigenvalue weighted by atomic mass is 32.2. The lowest BCUT2D eigenvalue weighted by Gasteiger charge is -2.03. The Morgan fingerprint density at radius 1 is 1.18 bits per heavy atom. The van der Waals surface area contributed by atoms with Gasteiger partial charge in [-0.15, -0.1) is 24.4 Å². The molecule has 0 aliphatic carbocycles. The van der Waals surface area contributed by atoms with E-state index in [0.717, 1.165) is 4.90 Å². The molecule has 2 heteroatoms. The largest absolute Gasteiger partial charge is 0.143 e. The second kappa shape index (κ2) is 4.07. The van der Waals surface area contributed by atoms with Gasteiger partial charge in [-0.2, -0.15) is 0 Å². The van der Waals surface area contributed by atoms with Crippen LogP contribution < -0.4 is 0 Å². The van der Waals surface area contributed by atoms with Crippen LogP contribution in [0.3, 0.4) is 0 Å². The van der Waals surface area contributed by atoms with Crippen LogP contribution in [0.4, 0.5) is 0 Å². The third kappa shape index (κ3) is 3.21. The lowest BCUT2D eigenvalue weighted by atomic mass is 10.4. The summed E-state index contributed by atoms with van der Waals surface area (Å²) in [5.74, 6) is 0. The van der Waals surface area contributed by atoms with Crippen LogP contribution in [0.1, 0.15) is 13.8 Å². The molecule has 0 aliphatic rings. The number of thioether (sulfide) groups is 1. The Hall–Kier alpha value is -0.0800. The first kappa shape index (κ1) is 9.01. The van der Waals surface area contributed by atoms with Crippen molar-refractivity contribution in [2.45, 2.75) is 28.9 Å². The fourth-order valence-electron chi connectivity index (χ4n) is 0.797. The minimum absolute atomic E-state index is 0.653. The monoisotopic (exact) mass is 184 g/mol. The molecule has 11 heavy (non-hydrogen) atoms. The molecule has 1 aromatic carbocycles. The van der Waals surface area contributed by atoms with Gasteiger partial charge >= 0.3 is 0 Å². The molecule has 0 saturated carbocycles. The van der Waals surface area contributed by atoms with Gasteiger partial charge in [-0.1, -0.05) is 13.8 Å². The zero-order chi connectivity index (χ0) is 8.27. The van der Waals surface area contributed by atoms with Crippen LogP contribution >= 0.6 is 24.4 Å². The van der Waals surface area contributed by atoms with Gasteiger partial charge < -0.3 is 0 Å². The zero-order valence-corrected chi connectivity index (χ0v) is 8.45. The molecule has 1 rings (SSSR count). The van der Waals surface area contributed by atoms with Crippen LogP contribution in [-0.4, -0.2) is 5.25 Å². The molecular formula is C9H12S2. The number of rotatable bonds is 2. The van der Waals surface area contributed by atoms with Gasteiger partial charge in [0.15, 0.2) is 0 Å². The molecule has 0 bridgehead atoms. The Labute approximate surface area is 77.8 Å². The molecule has 0 saturated heterocycles. The van der Waals surface area contributed by atoms with Gasteiger partial charge in [-0.3, -0.25) is 0 Å². The minimum Gasteiger partial charge on any atom is -0.143 e. The van der Waals surface area contributed by atoms with Crippen molar-refractivity contribution in [3.05, 3.63) is 24.3 Å². The molecule has 0 heterocycles. The summed E-state index contributed by atoms with van der Waals surface area (Å²) in [6, 6.07) is 8.25. The highest BCUT2D eigenvalue weighted by Crippen LogP contribution is 2.23. The SMILES string of the molecule is CC(C)Sc1ccc(S)cc1. The molecule has 0 N–H and O–H groups in total. The average molecular weight is 184 g/mol. The third-order valence-corrected chi connectivity index (χ3v) is 2.52. The summed E-state index contributed by atoms with van der Waals surface area (Å²) >= 11 is 6.09. The maximum atomic E-state index is 4.21. The van der Waals surface area contributed by atoms with Crippen LogP contribution in [0.2, 0.25) is 0 Å². The van der Waals surface area contributed by atoms with E-state index in [9.17, 15) is 0 Å². The minimum atomic E-state index is 0.653. The van der Waals surface area contributed by atoms with Crippen molar-refractivity contribution in [3.63, 3.8) is 0 Å². The summed E-state index contributed by atoms with van der Waals surface area (Å²) in [7, 11) is 0. The van der Waals surface area contributed by atoms with Crippen molar-refractivity contribution >= 4 is 24.4 Å². The van der Waals surface area contributed by atoms with Gasteiger partial charge in [0.2, 0.25) is 0 Å². The summed E-state index contributed by atoms with van der Waals surface area (Å²) in [5, 5.41) is 0.653. The molecule has 0 unspecified atom stereocenters. The third-order valence-electron chi connectivity index (χ3n) is 1.21. The fourth-order valence-corrected chi connectivity index (χ4v) is 1.78. The smallest absolute Gasteiger partial charge is 0.00753 e. The Morgan fingerprint density at radius 3 is 2.18 bits per heavy atom. The van der Waals surface area contributed by atoms with Crippen LogP contribution in [0.15, 0.2) is 34.1 Å². The van der Waals surface area contributed by atoms with Crippen LogP contribution in [0.5, 0.6) is 0 Å². The maximum absolute atomic E-state index is 4.21. The molecule has 1 aromatic rings. The van der Waals surface area contributed by atoms with E-state index >= 15 is 0 Å². The van der Waals surface area contributed by atoms with Gasteiger partial charge in [0, 0.05) is 15.0 Å². The van der Waals surface area contributed by atoms with Gasteiger partial charge in [0.05, 0.1) is 0 Å². The van der Waals surface area contributed by atoms with E-state index in [0.29, 0.717) is 5.25 Å². The van der Waals surface area contributed by atoms with Crippen LogP contribution in [0, 0.1) is 0 Å². The number of hydrogen-bond donors (Lipinski definition) is 1. The first-order valence-electron chi connectivity index (χ1n) is 3.64. The van der Waals surface area contributed by atoms with E-state index in [4.69, 9.17) is 0 Å². The zero-order valence-electron chi connectivity index (χ0n) is 6.74. The molecule has 0 atom stereocenters. The Kier molecular flexibility index (Phi) is 3.34. The predicted molar refractivity (Wildman–Crippen MR) is 54.7 cm³/mol. The number of benzene rings is 1. The van der Waals surface area contributed by atoms with Crippen molar-refractivity contribution in [3.8, 4) is 0 Å².